The molecule has 0 N–H and O–H groups in total. The van der Waals surface area contributed by atoms with Gasteiger partial charge in [0.25, 0.3) is 6.71 Å². The summed E-state index contributed by atoms with van der Waals surface area (Å²) in [7, 11) is 0. The molecular weight excluding hydrogens is 820 g/mol. The van der Waals surface area contributed by atoms with Crippen LogP contribution >= 0.6 is 0 Å². The number of nitrogens with zero attached hydrogens (tertiary/aromatic N) is 2. The lowest BCUT2D eigenvalue weighted by Gasteiger charge is -2.48. The second-order valence-corrected chi connectivity index (χ2v) is 26.8. The highest BCUT2D eigenvalue weighted by molar-refractivity contribution is 7.00. The molecule has 0 atom stereocenters. The Morgan fingerprint density at radius 1 is 0.426 bits per heavy atom. The summed E-state index contributed by atoms with van der Waals surface area (Å²) < 4.78 is 0. The van der Waals surface area contributed by atoms with Crippen molar-refractivity contribution < 1.29 is 0 Å². The van der Waals surface area contributed by atoms with E-state index in [1.807, 2.05) is 0 Å². The van der Waals surface area contributed by atoms with E-state index in [9.17, 15) is 0 Å². The number of hydrogen-bond donors (Lipinski definition) is 0. The Bertz CT molecular complexity index is 3120. The Balaban J connectivity index is 1.27. The largest absolute Gasteiger partial charge is 0.311 e. The van der Waals surface area contributed by atoms with Crippen LogP contribution in [0.15, 0.2) is 97.1 Å². The Kier molecular flexibility index (Phi) is 9.55. The fourth-order valence-corrected chi connectivity index (χ4v) is 14.7. The third-order valence-electron chi connectivity index (χ3n) is 18.8. The van der Waals surface area contributed by atoms with Crippen LogP contribution in [-0.2, 0) is 37.9 Å². The number of rotatable bonds is 4. The summed E-state index contributed by atoms with van der Waals surface area (Å²) in [5, 5.41) is 0. The van der Waals surface area contributed by atoms with Gasteiger partial charge in [-0.1, -0.05) is 158 Å². The summed E-state index contributed by atoms with van der Waals surface area (Å²) in [6, 6.07) is 39.4. The van der Waals surface area contributed by atoms with Gasteiger partial charge < -0.3 is 9.80 Å². The maximum Gasteiger partial charge on any atom is 0.252 e. The van der Waals surface area contributed by atoms with Crippen molar-refractivity contribution in [2.24, 2.45) is 0 Å². The molecule has 0 saturated carbocycles. The van der Waals surface area contributed by atoms with Crippen LogP contribution in [-0.4, -0.2) is 6.71 Å². The molecule has 0 spiro atoms. The monoisotopic (exact) mass is 897 g/mol. The number of hydrogen-bond acceptors (Lipinski definition) is 2. The van der Waals surface area contributed by atoms with Gasteiger partial charge in [-0.05, 0) is 199 Å². The molecule has 11 rings (SSSR count). The minimum atomic E-state index is -0.206. The summed E-state index contributed by atoms with van der Waals surface area (Å²) in [6.45, 7) is 41.8. The minimum Gasteiger partial charge on any atom is -0.311 e. The molecule has 0 saturated heterocycles. The average Bonchev–Trinajstić information content (AvgIpc) is 3.46. The highest BCUT2D eigenvalue weighted by Gasteiger charge is 2.49. The van der Waals surface area contributed by atoms with Crippen LogP contribution in [0.3, 0.4) is 0 Å². The van der Waals surface area contributed by atoms with Gasteiger partial charge in [0, 0.05) is 39.5 Å². The van der Waals surface area contributed by atoms with Crippen molar-refractivity contribution in [2.75, 3.05) is 9.80 Å². The van der Waals surface area contributed by atoms with Crippen molar-refractivity contribution in [1.82, 2.24) is 0 Å². The summed E-state index contributed by atoms with van der Waals surface area (Å²) in [6.07, 6.45) is 5.90. The molecule has 0 radical (unpaired) electrons. The molecule has 6 aromatic rings. The first-order valence-electron chi connectivity index (χ1n) is 26.1. The van der Waals surface area contributed by atoms with Crippen molar-refractivity contribution in [3.05, 3.63) is 158 Å². The number of benzene rings is 6. The lowest BCUT2D eigenvalue weighted by molar-refractivity contribution is 0.331. The predicted octanol–water partition coefficient (Wildman–Crippen LogP) is 15.7. The van der Waals surface area contributed by atoms with Crippen LogP contribution in [0.1, 0.15) is 190 Å². The molecule has 68 heavy (non-hydrogen) atoms. The molecule has 2 aliphatic heterocycles. The zero-order chi connectivity index (χ0) is 48.6. The molecule has 2 nitrogen and oxygen atoms in total. The van der Waals surface area contributed by atoms with E-state index >= 15 is 0 Å². The van der Waals surface area contributed by atoms with E-state index in [1.165, 1.54) is 137 Å². The molecule has 0 unspecified atom stereocenters. The lowest BCUT2D eigenvalue weighted by Crippen LogP contribution is -2.62. The molecule has 3 heteroatoms. The zero-order valence-corrected chi connectivity index (χ0v) is 44.7. The molecule has 5 aliphatic rings. The van der Waals surface area contributed by atoms with E-state index in [0.29, 0.717) is 0 Å². The van der Waals surface area contributed by atoms with Crippen LogP contribution < -0.4 is 26.2 Å². The van der Waals surface area contributed by atoms with Crippen molar-refractivity contribution in [3.8, 4) is 0 Å². The van der Waals surface area contributed by atoms with Crippen LogP contribution in [0.4, 0.5) is 34.1 Å². The highest BCUT2D eigenvalue weighted by Crippen LogP contribution is 2.56. The number of aryl methyl sites for hydroxylation is 2. The zero-order valence-electron chi connectivity index (χ0n) is 44.7. The normalized spacial score (nSPS) is 20.5. The maximum atomic E-state index is 2.76. The summed E-state index contributed by atoms with van der Waals surface area (Å²) in [5.41, 5.74) is 28.4. The Morgan fingerprint density at radius 3 is 1.51 bits per heavy atom. The summed E-state index contributed by atoms with van der Waals surface area (Å²) in [4.78, 5) is 5.46. The Labute approximate surface area is 411 Å². The lowest BCUT2D eigenvalue weighted by atomic mass is 9.33. The van der Waals surface area contributed by atoms with Gasteiger partial charge in [0.15, 0.2) is 0 Å². The van der Waals surface area contributed by atoms with Gasteiger partial charge in [-0.15, -0.1) is 0 Å². The first-order valence-corrected chi connectivity index (χ1v) is 26.1. The Morgan fingerprint density at radius 2 is 0.926 bits per heavy atom. The second-order valence-electron chi connectivity index (χ2n) is 26.8. The van der Waals surface area contributed by atoms with Crippen molar-refractivity contribution in [2.45, 2.75) is 188 Å². The van der Waals surface area contributed by atoms with Gasteiger partial charge in [0.1, 0.15) is 0 Å². The van der Waals surface area contributed by atoms with E-state index in [2.05, 4.69) is 225 Å². The van der Waals surface area contributed by atoms with Crippen LogP contribution in [0.2, 0.25) is 0 Å². The highest BCUT2D eigenvalue weighted by atomic mass is 15.2. The van der Waals surface area contributed by atoms with Crippen LogP contribution in [0, 0.1) is 20.8 Å². The molecule has 0 aromatic heterocycles. The first-order chi connectivity index (χ1) is 31.7. The fourth-order valence-electron chi connectivity index (χ4n) is 14.7. The van der Waals surface area contributed by atoms with Crippen LogP contribution in [0.25, 0.3) is 0 Å². The van der Waals surface area contributed by atoms with Gasteiger partial charge in [-0.3, -0.25) is 0 Å². The van der Waals surface area contributed by atoms with Gasteiger partial charge in [0.05, 0.1) is 0 Å². The summed E-state index contributed by atoms with van der Waals surface area (Å²) >= 11 is 0. The van der Waals surface area contributed by atoms with Gasteiger partial charge in [0.2, 0.25) is 0 Å². The molecule has 2 heterocycles. The predicted molar refractivity (Wildman–Crippen MR) is 294 cm³/mol. The standard InChI is InChI=1S/C65H77BN2/c1-39-31-55-58-56(32-39)68(53-36-47-45(33-40(53)2)59(4,5)27-29-61(47,8)9)54-37-48-46(60(6,7)28-30-62(48,10)11)35-50(54)66(58)49-34-43(65(16,17)42-21-19-18-20-22-42)23-25-52(49)67(55)51-26-24-44-57(41(51)3)64(14,15)38-63(44,12)13/h18-26,31-37H,27-30,38H2,1-17H3. The molecule has 350 valence electrons. The van der Waals surface area contributed by atoms with E-state index in [0.717, 1.165) is 6.42 Å². The number of anilines is 6. The SMILES string of the molecule is Cc1cc2c3c(c1)N(c1ccc4c(c1C)C(C)(C)CC4(C)C)c1ccc(C(C)(C)c4ccccc4)cc1B3c1cc3c(cc1N2c1cc2c(cc1C)C(C)(C)CCC2(C)C)C(C)(C)CCC3(C)C. The van der Waals surface area contributed by atoms with E-state index in [-0.39, 0.29) is 44.6 Å². The summed E-state index contributed by atoms with van der Waals surface area (Å²) in [5.74, 6) is 0. The molecule has 0 amide bonds. The molecule has 0 bridgehead atoms. The number of fused-ring (bicyclic) bond motifs is 7. The molecule has 0 fully saturated rings. The Hall–Kier alpha value is -5.02. The van der Waals surface area contributed by atoms with E-state index in [1.54, 1.807) is 0 Å². The quantitative estimate of drug-likeness (QED) is 0.162. The van der Waals surface area contributed by atoms with E-state index in [4.69, 9.17) is 0 Å². The third kappa shape index (κ3) is 6.41. The van der Waals surface area contributed by atoms with Gasteiger partial charge in [-0.2, -0.15) is 0 Å². The topological polar surface area (TPSA) is 6.48 Å². The van der Waals surface area contributed by atoms with E-state index < -0.39 is 0 Å². The molecule has 6 aromatic carbocycles. The molecule has 3 aliphatic carbocycles. The first kappa shape index (κ1) is 45.4. The van der Waals surface area contributed by atoms with Crippen molar-refractivity contribution >= 4 is 57.2 Å². The fraction of sp³-hybridized carbons (Fsp3) is 0.446. The second kappa shape index (κ2) is 14.3. The van der Waals surface area contributed by atoms with Gasteiger partial charge in [-0.25, -0.2) is 0 Å². The molecular formula is C65H77BN2. The smallest absolute Gasteiger partial charge is 0.252 e. The third-order valence-corrected chi connectivity index (χ3v) is 18.8. The van der Waals surface area contributed by atoms with Crippen molar-refractivity contribution in [1.29, 1.82) is 0 Å². The average molecular weight is 897 g/mol. The van der Waals surface area contributed by atoms with Crippen molar-refractivity contribution in [3.63, 3.8) is 0 Å². The minimum absolute atomic E-state index is 0.0363. The van der Waals surface area contributed by atoms with Gasteiger partial charge >= 0.3 is 0 Å². The van der Waals surface area contributed by atoms with Crippen LogP contribution in [0.5, 0.6) is 0 Å². The maximum absolute atomic E-state index is 2.76.